The Morgan fingerprint density at radius 1 is 1.17 bits per heavy atom. The Hall–Kier alpha value is -2.54. The number of rotatable bonds is 10. The second-order valence-electron chi connectivity index (χ2n) is 7.54. The molecule has 0 fully saturated rings. The van der Waals surface area contributed by atoms with Crippen molar-refractivity contribution in [3.8, 4) is 5.75 Å². The Morgan fingerprint density at radius 3 is 2.47 bits per heavy atom. The van der Waals surface area contributed by atoms with Crippen molar-refractivity contribution in [2.24, 2.45) is 0 Å². The number of nitrogens with zero attached hydrogens (tertiary/aromatic N) is 1. The van der Waals surface area contributed by atoms with Crippen LogP contribution < -0.4 is 14.4 Å². The first-order valence-corrected chi connectivity index (χ1v) is 12.0. The molecule has 2 aromatic carbocycles. The third kappa shape index (κ3) is 6.49. The smallest absolute Gasteiger partial charge is 0.232 e. The average molecular weight is 433 g/mol. The molecule has 0 bridgehead atoms. The van der Waals surface area contributed by atoms with Crippen LogP contribution in [0.15, 0.2) is 42.5 Å². The van der Waals surface area contributed by atoms with E-state index >= 15 is 0 Å². The fourth-order valence-corrected chi connectivity index (χ4v) is 4.42. The molecule has 1 atom stereocenters. The molecule has 0 saturated carbocycles. The van der Waals surface area contributed by atoms with Crippen LogP contribution in [0.3, 0.4) is 0 Å². The first-order valence-electron chi connectivity index (χ1n) is 10.1. The lowest BCUT2D eigenvalue weighted by Crippen LogP contribution is -2.33. The number of carbonyl (C=O) groups is 1. The predicted octanol–water partition coefficient (Wildman–Crippen LogP) is 4.13. The molecule has 1 unspecified atom stereocenters. The number of hydrogen-bond acceptors (Lipinski definition) is 4. The van der Waals surface area contributed by atoms with Crippen LogP contribution in [-0.4, -0.2) is 34.2 Å². The molecule has 0 aromatic heterocycles. The lowest BCUT2D eigenvalue weighted by atomic mass is 10.0. The molecular weight excluding hydrogens is 400 g/mol. The van der Waals surface area contributed by atoms with E-state index in [-0.39, 0.29) is 24.9 Å². The number of sulfonamides is 1. The molecule has 30 heavy (non-hydrogen) atoms. The highest BCUT2D eigenvalue weighted by atomic mass is 32.2. The molecule has 2 rings (SSSR count). The number of nitrogens with one attached hydrogen (secondary N) is 1. The van der Waals surface area contributed by atoms with Crippen molar-refractivity contribution in [2.75, 3.05) is 24.2 Å². The molecule has 0 aliphatic heterocycles. The number of amides is 1. The fourth-order valence-electron chi connectivity index (χ4n) is 3.46. The zero-order valence-electron chi connectivity index (χ0n) is 18.4. The lowest BCUT2D eigenvalue weighted by molar-refractivity contribution is -0.121. The van der Waals surface area contributed by atoms with E-state index in [1.165, 1.54) is 10.6 Å². The largest absolute Gasteiger partial charge is 0.496 e. The number of hydrogen-bond donors (Lipinski definition) is 1. The quantitative estimate of drug-likeness (QED) is 0.613. The fraction of sp³-hybridized carbons (Fsp3) is 0.435. The van der Waals surface area contributed by atoms with E-state index in [1.807, 2.05) is 57.2 Å². The van der Waals surface area contributed by atoms with E-state index in [0.29, 0.717) is 12.1 Å². The average Bonchev–Trinajstić information content (AvgIpc) is 2.68. The van der Waals surface area contributed by atoms with E-state index in [9.17, 15) is 13.2 Å². The molecule has 164 valence electrons. The summed E-state index contributed by atoms with van der Waals surface area (Å²) in [5, 5.41) is 3.06. The summed E-state index contributed by atoms with van der Waals surface area (Å²) >= 11 is 0. The molecule has 0 heterocycles. The van der Waals surface area contributed by atoms with Crippen LogP contribution in [-0.2, 0) is 14.8 Å². The molecule has 0 radical (unpaired) electrons. The summed E-state index contributed by atoms with van der Waals surface area (Å²) in [6, 6.07) is 13.2. The minimum absolute atomic E-state index is 0.0898. The Morgan fingerprint density at radius 2 is 1.90 bits per heavy atom. The lowest BCUT2D eigenvalue weighted by Gasteiger charge is -2.23. The molecule has 2 aromatic rings. The van der Waals surface area contributed by atoms with Gasteiger partial charge in [0.25, 0.3) is 0 Å². The molecule has 0 aliphatic rings. The molecule has 0 saturated heterocycles. The molecule has 1 N–H and O–H groups in total. The number of benzene rings is 2. The summed E-state index contributed by atoms with van der Waals surface area (Å²) in [5.41, 5.74) is 3.66. The minimum atomic E-state index is -3.43. The normalized spacial score (nSPS) is 12.3. The summed E-state index contributed by atoms with van der Waals surface area (Å²) in [5.74, 6) is 0.727. The van der Waals surface area contributed by atoms with Gasteiger partial charge in [-0.3, -0.25) is 9.10 Å². The van der Waals surface area contributed by atoms with Crippen molar-refractivity contribution in [2.45, 2.75) is 46.1 Å². The van der Waals surface area contributed by atoms with Gasteiger partial charge in [-0.1, -0.05) is 31.2 Å². The van der Waals surface area contributed by atoms with Crippen LogP contribution in [0.5, 0.6) is 5.75 Å². The third-order valence-electron chi connectivity index (χ3n) is 5.02. The van der Waals surface area contributed by atoms with Gasteiger partial charge in [0.2, 0.25) is 15.9 Å². The van der Waals surface area contributed by atoms with Crippen molar-refractivity contribution in [1.29, 1.82) is 0 Å². The Balaban J connectivity index is 1.99. The highest BCUT2D eigenvalue weighted by molar-refractivity contribution is 7.92. The monoisotopic (exact) mass is 432 g/mol. The number of anilines is 1. The standard InChI is InChI=1S/C23H32N2O4S/c1-6-21(19-12-13-22(29-4)18(3)16-19)24-23(26)11-8-14-25(30(5,27)28)20-10-7-9-17(2)15-20/h7,9-10,12-13,15-16,21H,6,8,11,14H2,1-5H3,(H,24,26). The van der Waals surface area contributed by atoms with Crippen molar-refractivity contribution < 1.29 is 17.9 Å². The molecule has 0 aliphatic carbocycles. The molecule has 0 spiro atoms. The second kappa shape index (κ2) is 10.5. The maximum absolute atomic E-state index is 12.5. The SMILES string of the molecule is CCC(NC(=O)CCCN(c1cccc(C)c1)S(C)(=O)=O)c1ccc(OC)c(C)c1. The first-order chi connectivity index (χ1) is 14.2. The van der Waals surface area contributed by atoms with Crippen LogP contribution in [0.4, 0.5) is 5.69 Å². The van der Waals surface area contributed by atoms with Gasteiger partial charge in [-0.25, -0.2) is 8.42 Å². The van der Waals surface area contributed by atoms with E-state index in [1.54, 1.807) is 13.2 Å². The van der Waals surface area contributed by atoms with E-state index in [4.69, 9.17) is 4.74 Å². The molecular formula is C23H32N2O4S. The number of aryl methyl sites for hydroxylation is 2. The Labute approximate surface area is 180 Å². The van der Waals surface area contributed by atoms with Gasteiger partial charge in [0.15, 0.2) is 0 Å². The van der Waals surface area contributed by atoms with Gasteiger partial charge in [0.1, 0.15) is 5.75 Å². The van der Waals surface area contributed by atoms with E-state index < -0.39 is 10.0 Å². The van der Waals surface area contributed by atoms with Gasteiger partial charge in [0.05, 0.1) is 25.1 Å². The van der Waals surface area contributed by atoms with Crippen LogP contribution in [0.25, 0.3) is 0 Å². The maximum atomic E-state index is 12.5. The van der Waals surface area contributed by atoms with Crippen LogP contribution >= 0.6 is 0 Å². The maximum Gasteiger partial charge on any atom is 0.232 e. The van der Waals surface area contributed by atoms with E-state index in [2.05, 4.69) is 5.32 Å². The predicted molar refractivity (Wildman–Crippen MR) is 122 cm³/mol. The zero-order valence-corrected chi connectivity index (χ0v) is 19.3. The summed E-state index contributed by atoms with van der Waals surface area (Å²) in [7, 11) is -1.79. The van der Waals surface area contributed by atoms with Crippen LogP contribution in [0, 0.1) is 13.8 Å². The topological polar surface area (TPSA) is 75.7 Å². The third-order valence-corrected chi connectivity index (χ3v) is 6.21. The highest BCUT2D eigenvalue weighted by Crippen LogP contribution is 2.24. The number of methoxy groups -OCH3 is 1. The van der Waals surface area contributed by atoms with Gasteiger partial charge >= 0.3 is 0 Å². The van der Waals surface area contributed by atoms with Crippen molar-refractivity contribution in [1.82, 2.24) is 5.32 Å². The van der Waals surface area contributed by atoms with Gasteiger partial charge in [-0.15, -0.1) is 0 Å². The Kier molecular flexibility index (Phi) is 8.29. The van der Waals surface area contributed by atoms with Gasteiger partial charge < -0.3 is 10.1 Å². The summed E-state index contributed by atoms with van der Waals surface area (Å²) in [4.78, 5) is 12.5. The van der Waals surface area contributed by atoms with Gasteiger partial charge in [-0.2, -0.15) is 0 Å². The Bertz CT molecular complexity index is 973. The summed E-state index contributed by atoms with van der Waals surface area (Å²) < 4.78 is 31.1. The summed E-state index contributed by atoms with van der Waals surface area (Å²) in [6.45, 7) is 6.17. The minimum Gasteiger partial charge on any atom is -0.496 e. The molecule has 7 heteroatoms. The number of carbonyl (C=O) groups excluding carboxylic acids is 1. The van der Waals surface area contributed by atoms with Crippen molar-refractivity contribution in [3.05, 3.63) is 59.2 Å². The van der Waals surface area contributed by atoms with Crippen molar-refractivity contribution >= 4 is 21.6 Å². The molecule has 1 amide bonds. The second-order valence-corrected chi connectivity index (χ2v) is 9.44. The van der Waals surface area contributed by atoms with Crippen molar-refractivity contribution in [3.63, 3.8) is 0 Å². The first kappa shape index (κ1) is 23.7. The number of ether oxygens (including phenoxy) is 1. The summed E-state index contributed by atoms with van der Waals surface area (Å²) in [6.07, 6.45) is 2.64. The van der Waals surface area contributed by atoms with Gasteiger partial charge in [0, 0.05) is 13.0 Å². The molecule has 6 nitrogen and oxygen atoms in total. The van der Waals surface area contributed by atoms with Crippen LogP contribution in [0.2, 0.25) is 0 Å². The zero-order chi connectivity index (χ0) is 22.3. The highest BCUT2D eigenvalue weighted by Gasteiger charge is 2.19. The van der Waals surface area contributed by atoms with Gasteiger partial charge in [-0.05, 0) is 61.6 Å². The van der Waals surface area contributed by atoms with Crippen LogP contribution in [0.1, 0.15) is 48.9 Å². The van der Waals surface area contributed by atoms with E-state index in [0.717, 1.165) is 28.9 Å².